The molecule has 0 atom stereocenters. The second kappa shape index (κ2) is 9.00. The predicted molar refractivity (Wildman–Crippen MR) is 99.4 cm³/mol. The molecule has 0 aliphatic rings. The van der Waals surface area contributed by atoms with Crippen LogP contribution in [0.1, 0.15) is 28.7 Å². The summed E-state index contributed by atoms with van der Waals surface area (Å²) in [5, 5.41) is 0. The summed E-state index contributed by atoms with van der Waals surface area (Å²) in [5.74, 6) is 1.17. The van der Waals surface area contributed by atoms with Crippen LogP contribution >= 0.6 is 0 Å². The highest BCUT2D eigenvalue weighted by Crippen LogP contribution is 2.22. The molecule has 3 aromatic rings. The third-order valence-electron chi connectivity index (χ3n) is 3.92. The smallest absolute Gasteiger partial charge is 0.338 e. The van der Waals surface area contributed by atoms with E-state index >= 15 is 0 Å². The first kappa shape index (κ1) is 18.7. The van der Waals surface area contributed by atoms with Crippen LogP contribution in [0, 0.1) is 0 Å². The number of oxazole rings is 1. The number of carbonyl (C=O) groups excluding carboxylic acids is 1. The van der Waals surface area contributed by atoms with Gasteiger partial charge in [0.1, 0.15) is 5.75 Å². The Hall–Kier alpha value is -3.12. The topological polar surface area (TPSA) is 70.8 Å². The molecular weight excluding hydrogens is 346 g/mol. The van der Waals surface area contributed by atoms with Gasteiger partial charge in [0.15, 0.2) is 12.4 Å². The number of ether oxygens (including phenoxy) is 3. The first-order valence-corrected chi connectivity index (χ1v) is 8.63. The third kappa shape index (κ3) is 4.74. The molecule has 0 saturated heterocycles. The molecule has 0 radical (unpaired) electrons. The highest BCUT2D eigenvalue weighted by molar-refractivity contribution is 5.89. The average molecular weight is 367 g/mol. The van der Waals surface area contributed by atoms with Gasteiger partial charge in [-0.05, 0) is 25.1 Å². The number of carbonyl (C=O) groups is 1. The van der Waals surface area contributed by atoms with Gasteiger partial charge >= 0.3 is 5.97 Å². The lowest BCUT2D eigenvalue weighted by atomic mass is 10.1. The van der Waals surface area contributed by atoms with Gasteiger partial charge in [-0.15, -0.1) is 0 Å². The maximum Gasteiger partial charge on any atom is 0.338 e. The van der Waals surface area contributed by atoms with E-state index in [0.29, 0.717) is 36.2 Å². The normalized spacial score (nSPS) is 10.6. The third-order valence-corrected chi connectivity index (χ3v) is 3.92. The molecule has 3 rings (SSSR count). The van der Waals surface area contributed by atoms with Gasteiger partial charge < -0.3 is 18.6 Å². The standard InChI is InChI=1S/C21H21NO5/c1-3-25-13-17-11-16(9-10-18(17)24-2)21(23)26-14-20-22-12-19(27-20)15-7-5-4-6-8-15/h4-12H,3,13-14H2,1-2H3. The molecule has 0 N–H and O–H groups in total. The molecule has 0 bridgehead atoms. The van der Waals surface area contributed by atoms with E-state index in [4.69, 9.17) is 18.6 Å². The number of aromatic nitrogens is 1. The van der Waals surface area contributed by atoms with Crippen molar-refractivity contribution in [3.05, 3.63) is 71.7 Å². The molecule has 140 valence electrons. The fraction of sp³-hybridized carbons (Fsp3) is 0.238. The predicted octanol–water partition coefficient (Wildman–Crippen LogP) is 4.24. The molecule has 0 spiro atoms. The minimum absolute atomic E-state index is 0.0432. The number of esters is 1. The highest BCUT2D eigenvalue weighted by atomic mass is 16.5. The van der Waals surface area contributed by atoms with E-state index in [1.807, 2.05) is 37.3 Å². The average Bonchev–Trinajstić information content (AvgIpc) is 3.20. The van der Waals surface area contributed by atoms with Crippen LogP contribution in [0.4, 0.5) is 0 Å². The minimum Gasteiger partial charge on any atom is -0.496 e. The van der Waals surface area contributed by atoms with Gasteiger partial charge in [0, 0.05) is 17.7 Å². The van der Waals surface area contributed by atoms with Crippen LogP contribution in [-0.2, 0) is 22.7 Å². The molecule has 1 heterocycles. The summed E-state index contributed by atoms with van der Waals surface area (Å²) < 4.78 is 21.7. The van der Waals surface area contributed by atoms with Gasteiger partial charge in [0.05, 0.1) is 25.5 Å². The molecule has 0 aliphatic carbocycles. The Morgan fingerprint density at radius 3 is 2.67 bits per heavy atom. The van der Waals surface area contributed by atoms with Crippen molar-refractivity contribution < 1.29 is 23.4 Å². The van der Waals surface area contributed by atoms with Crippen molar-refractivity contribution in [3.63, 3.8) is 0 Å². The maximum absolute atomic E-state index is 12.3. The summed E-state index contributed by atoms with van der Waals surface area (Å²) in [4.78, 5) is 16.5. The van der Waals surface area contributed by atoms with Gasteiger partial charge in [-0.25, -0.2) is 9.78 Å². The molecule has 0 amide bonds. The van der Waals surface area contributed by atoms with E-state index in [9.17, 15) is 4.79 Å². The SMILES string of the molecule is CCOCc1cc(C(=O)OCc2ncc(-c3ccccc3)o2)ccc1OC. The fourth-order valence-corrected chi connectivity index (χ4v) is 2.55. The Morgan fingerprint density at radius 2 is 1.93 bits per heavy atom. The van der Waals surface area contributed by atoms with Crippen LogP contribution < -0.4 is 4.74 Å². The van der Waals surface area contributed by atoms with Gasteiger partial charge in [-0.2, -0.15) is 0 Å². The zero-order chi connectivity index (χ0) is 19.1. The molecule has 1 aromatic heterocycles. The van der Waals surface area contributed by atoms with Crippen molar-refractivity contribution in [2.24, 2.45) is 0 Å². The van der Waals surface area contributed by atoms with Crippen molar-refractivity contribution >= 4 is 5.97 Å². The number of methoxy groups -OCH3 is 1. The van der Waals surface area contributed by atoms with Gasteiger partial charge in [0.25, 0.3) is 0 Å². The fourth-order valence-electron chi connectivity index (χ4n) is 2.55. The second-order valence-corrected chi connectivity index (χ2v) is 5.72. The van der Waals surface area contributed by atoms with Crippen molar-refractivity contribution in [1.82, 2.24) is 4.98 Å². The first-order valence-electron chi connectivity index (χ1n) is 8.63. The first-order chi connectivity index (χ1) is 13.2. The zero-order valence-corrected chi connectivity index (χ0v) is 15.3. The summed E-state index contributed by atoms with van der Waals surface area (Å²) in [6.07, 6.45) is 1.62. The van der Waals surface area contributed by atoms with Crippen molar-refractivity contribution in [1.29, 1.82) is 0 Å². The van der Waals surface area contributed by atoms with Crippen molar-refractivity contribution in [2.75, 3.05) is 13.7 Å². The Balaban J connectivity index is 1.65. The Labute approximate surface area is 157 Å². The van der Waals surface area contributed by atoms with Crippen LogP contribution in [-0.4, -0.2) is 24.7 Å². The quantitative estimate of drug-likeness (QED) is 0.555. The van der Waals surface area contributed by atoms with Crippen LogP contribution in [0.15, 0.2) is 59.1 Å². The van der Waals surface area contributed by atoms with E-state index in [0.717, 1.165) is 11.1 Å². The van der Waals surface area contributed by atoms with E-state index in [1.54, 1.807) is 31.5 Å². The zero-order valence-electron chi connectivity index (χ0n) is 15.3. The number of hydrogen-bond donors (Lipinski definition) is 0. The van der Waals surface area contributed by atoms with Crippen molar-refractivity contribution in [2.45, 2.75) is 20.1 Å². The number of benzene rings is 2. The summed E-state index contributed by atoms with van der Waals surface area (Å²) >= 11 is 0. The highest BCUT2D eigenvalue weighted by Gasteiger charge is 2.14. The summed E-state index contributed by atoms with van der Waals surface area (Å²) in [6.45, 7) is 2.80. The number of rotatable bonds is 8. The van der Waals surface area contributed by atoms with Gasteiger partial charge in [-0.3, -0.25) is 0 Å². The lowest BCUT2D eigenvalue weighted by Gasteiger charge is -2.10. The summed E-state index contributed by atoms with van der Waals surface area (Å²) in [5.41, 5.74) is 2.12. The Kier molecular flexibility index (Phi) is 6.22. The summed E-state index contributed by atoms with van der Waals surface area (Å²) in [7, 11) is 1.58. The van der Waals surface area contributed by atoms with E-state index in [-0.39, 0.29) is 6.61 Å². The Morgan fingerprint density at radius 1 is 1.11 bits per heavy atom. The minimum atomic E-state index is -0.463. The molecular formula is C21H21NO5. The number of hydrogen-bond acceptors (Lipinski definition) is 6. The largest absolute Gasteiger partial charge is 0.496 e. The molecule has 0 aliphatic heterocycles. The van der Waals surface area contributed by atoms with Crippen molar-refractivity contribution in [3.8, 4) is 17.1 Å². The second-order valence-electron chi connectivity index (χ2n) is 5.72. The Bertz CT molecular complexity index is 889. The van der Waals surface area contributed by atoms with E-state index in [1.165, 1.54) is 0 Å². The lowest BCUT2D eigenvalue weighted by Crippen LogP contribution is -2.07. The maximum atomic E-state index is 12.3. The van der Waals surface area contributed by atoms with E-state index in [2.05, 4.69) is 4.98 Å². The van der Waals surface area contributed by atoms with Crippen LogP contribution in [0.3, 0.4) is 0 Å². The lowest BCUT2D eigenvalue weighted by molar-refractivity contribution is 0.0438. The molecule has 0 unspecified atom stereocenters. The van der Waals surface area contributed by atoms with Crippen LogP contribution in [0.5, 0.6) is 5.75 Å². The number of nitrogens with zero attached hydrogens (tertiary/aromatic N) is 1. The molecule has 0 fully saturated rings. The summed E-state index contributed by atoms with van der Waals surface area (Å²) in [6, 6.07) is 14.7. The van der Waals surface area contributed by atoms with Crippen LogP contribution in [0.25, 0.3) is 11.3 Å². The molecule has 6 nitrogen and oxygen atoms in total. The molecule has 6 heteroatoms. The molecule has 0 saturated carbocycles. The van der Waals surface area contributed by atoms with Gasteiger partial charge in [-0.1, -0.05) is 30.3 Å². The molecule has 27 heavy (non-hydrogen) atoms. The van der Waals surface area contributed by atoms with Gasteiger partial charge in [0.2, 0.25) is 5.89 Å². The van der Waals surface area contributed by atoms with E-state index < -0.39 is 5.97 Å². The van der Waals surface area contributed by atoms with Crippen LogP contribution in [0.2, 0.25) is 0 Å². The monoisotopic (exact) mass is 367 g/mol. The molecule has 2 aromatic carbocycles.